The molecule has 1 atom stereocenters. The molecule has 2 aliphatic carbocycles. The Balaban J connectivity index is 2.20. The summed E-state index contributed by atoms with van der Waals surface area (Å²) in [5.41, 5.74) is 2.06. The maximum Gasteiger partial charge on any atom is 0.126 e. The summed E-state index contributed by atoms with van der Waals surface area (Å²) in [4.78, 5) is 0. The van der Waals surface area contributed by atoms with Gasteiger partial charge in [0.05, 0.1) is 0 Å². The number of halogens is 2. The molecule has 0 saturated heterocycles. The van der Waals surface area contributed by atoms with Crippen molar-refractivity contribution in [2.24, 2.45) is 0 Å². The van der Waals surface area contributed by atoms with Crippen molar-refractivity contribution in [3.05, 3.63) is 67.4 Å². The molecule has 0 fully saturated rings. The second kappa shape index (κ2) is 4.46. The summed E-state index contributed by atoms with van der Waals surface area (Å²) in [5, 5.41) is 5.30. The number of alkyl halides is 1. The Bertz CT molecular complexity index is 912. The van der Waals surface area contributed by atoms with Crippen LogP contribution in [0.3, 0.4) is 0 Å². The summed E-state index contributed by atoms with van der Waals surface area (Å²) in [6.45, 7) is 0. The number of fused-ring (bicyclic) bond motifs is 4. The van der Waals surface area contributed by atoms with Gasteiger partial charge in [-0.15, -0.1) is 0 Å². The van der Waals surface area contributed by atoms with E-state index in [1.165, 1.54) is 0 Å². The summed E-state index contributed by atoms with van der Waals surface area (Å²) in [6, 6.07) is 10.1. The van der Waals surface area contributed by atoms with Crippen molar-refractivity contribution >= 4 is 23.8 Å². The molecule has 0 radical (unpaired) electrons. The minimum atomic E-state index is -0.827. The van der Waals surface area contributed by atoms with Gasteiger partial charge in [-0.1, -0.05) is 42.0 Å². The van der Waals surface area contributed by atoms with Crippen molar-refractivity contribution in [3.8, 4) is 0 Å². The van der Waals surface area contributed by atoms with Crippen LogP contribution in [0.2, 0.25) is 5.02 Å². The SMILES string of the molecule is FC1CCC=c2ccc3c(c21)CC=c1cc(Cl)ccc1=3. The lowest BCUT2D eigenvalue weighted by Gasteiger charge is -2.19. The third-order valence-electron chi connectivity index (χ3n) is 4.32. The van der Waals surface area contributed by atoms with E-state index in [2.05, 4.69) is 24.3 Å². The van der Waals surface area contributed by atoms with E-state index in [4.69, 9.17) is 11.6 Å². The van der Waals surface area contributed by atoms with E-state index in [0.717, 1.165) is 49.9 Å². The first-order chi connectivity index (χ1) is 9.74. The smallest absolute Gasteiger partial charge is 0.126 e. The third kappa shape index (κ3) is 1.73. The minimum Gasteiger partial charge on any atom is -0.242 e. The number of rotatable bonds is 0. The van der Waals surface area contributed by atoms with Crippen LogP contribution in [0.1, 0.15) is 30.1 Å². The zero-order valence-electron chi connectivity index (χ0n) is 11.0. The van der Waals surface area contributed by atoms with Crippen LogP contribution in [-0.2, 0) is 6.42 Å². The fourth-order valence-corrected chi connectivity index (χ4v) is 3.57. The van der Waals surface area contributed by atoms with Crippen molar-refractivity contribution in [2.75, 3.05) is 0 Å². The lowest BCUT2D eigenvalue weighted by molar-refractivity contribution is 0.320. The zero-order chi connectivity index (χ0) is 13.7. The summed E-state index contributed by atoms with van der Waals surface area (Å²) < 4.78 is 14.3. The Hall–Kier alpha value is -1.60. The predicted octanol–water partition coefficient (Wildman–Crippen LogP) is 3.55. The average Bonchev–Trinajstić information content (AvgIpc) is 2.46. The molecule has 0 N–H and O–H groups in total. The van der Waals surface area contributed by atoms with Crippen LogP contribution >= 0.6 is 11.6 Å². The second-order valence-electron chi connectivity index (χ2n) is 5.48. The Morgan fingerprint density at radius 1 is 1.00 bits per heavy atom. The van der Waals surface area contributed by atoms with Gasteiger partial charge in [-0.25, -0.2) is 4.39 Å². The molecule has 0 aromatic heterocycles. The van der Waals surface area contributed by atoms with Gasteiger partial charge < -0.3 is 0 Å². The highest BCUT2D eigenvalue weighted by atomic mass is 35.5. The lowest BCUT2D eigenvalue weighted by Crippen LogP contribution is -2.21. The summed E-state index contributed by atoms with van der Waals surface area (Å²) in [6.07, 6.45) is 5.72. The average molecular weight is 285 g/mol. The van der Waals surface area contributed by atoms with Gasteiger partial charge in [0.2, 0.25) is 0 Å². The molecule has 100 valence electrons. The molecule has 0 spiro atoms. The topological polar surface area (TPSA) is 0 Å². The molecule has 1 unspecified atom stereocenters. The van der Waals surface area contributed by atoms with E-state index in [1.807, 2.05) is 18.2 Å². The predicted molar refractivity (Wildman–Crippen MR) is 80.5 cm³/mol. The quantitative estimate of drug-likeness (QED) is 0.694. The Labute approximate surface area is 121 Å². The van der Waals surface area contributed by atoms with Gasteiger partial charge in [0.1, 0.15) is 6.17 Å². The van der Waals surface area contributed by atoms with Gasteiger partial charge in [0, 0.05) is 5.02 Å². The van der Waals surface area contributed by atoms with Crippen LogP contribution in [-0.4, -0.2) is 0 Å². The lowest BCUT2D eigenvalue weighted by atomic mass is 9.88. The van der Waals surface area contributed by atoms with Crippen molar-refractivity contribution in [2.45, 2.75) is 25.4 Å². The molecule has 20 heavy (non-hydrogen) atoms. The van der Waals surface area contributed by atoms with Crippen LogP contribution in [0.15, 0.2) is 30.3 Å². The second-order valence-corrected chi connectivity index (χ2v) is 5.92. The number of hydrogen-bond donors (Lipinski definition) is 0. The van der Waals surface area contributed by atoms with Crippen LogP contribution in [0.5, 0.6) is 0 Å². The highest BCUT2D eigenvalue weighted by molar-refractivity contribution is 6.30. The van der Waals surface area contributed by atoms with Gasteiger partial charge in [-0.2, -0.15) is 0 Å². The van der Waals surface area contributed by atoms with Crippen LogP contribution in [0.4, 0.5) is 4.39 Å². The Morgan fingerprint density at radius 2 is 1.85 bits per heavy atom. The van der Waals surface area contributed by atoms with Gasteiger partial charge >= 0.3 is 0 Å². The third-order valence-corrected chi connectivity index (χ3v) is 4.55. The highest BCUT2D eigenvalue weighted by Gasteiger charge is 2.19. The van der Waals surface area contributed by atoms with Crippen molar-refractivity contribution in [1.82, 2.24) is 0 Å². The van der Waals surface area contributed by atoms with Crippen molar-refractivity contribution in [1.29, 1.82) is 0 Å². The molecule has 0 saturated carbocycles. The molecule has 4 rings (SSSR count). The number of hydrogen-bond acceptors (Lipinski definition) is 0. The summed E-state index contributed by atoms with van der Waals surface area (Å²) >= 11 is 6.06. The largest absolute Gasteiger partial charge is 0.242 e. The van der Waals surface area contributed by atoms with Crippen LogP contribution in [0, 0.1) is 10.4 Å². The molecule has 0 aliphatic heterocycles. The van der Waals surface area contributed by atoms with Gasteiger partial charge in [-0.05, 0) is 63.4 Å². The van der Waals surface area contributed by atoms with Gasteiger partial charge in [-0.3, -0.25) is 0 Å². The molecule has 2 aromatic rings. The molecule has 2 aromatic carbocycles. The summed E-state index contributed by atoms with van der Waals surface area (Å²) in [5.74, 6) is 0. The molecular weight excluding hydrogens is 271 g/mol. The number of benzene rings is 2. The standard InChI is InChI=1S/C18H14ClF/c19-13-6-9-14-12(10-13)5-8-16-15(14)7-4-11-2-1-3-17(20)18(11)16/h2,4-7,9-10,17H,1,3,8H2. The van der Waals surface area contributed by atoms with Crippen molar-refractivity contribution in [3.63, 3.8) is 0 Å². The Morgan fingerprint density at radius 3 is 2.75 bits per heavy atom. The normalized spacial score (nSPS) is 19.2. The fraction of sp³-hybridized carbons (Fsp3) is 0.222. The van der Waals surface area contributed by atoms with Gasteiger partial charge in [0.15, 0.2) is 0 Å². The van der Waals surface area contributed by atoms with Gasteiger partial charge in [0.25, 0.3) is 0 Å². The fourth-order valence-electron chi connectivity index (χ4n) is 3.39. The monoisotopic (exact) mass is 284 g/mol. The van der Waals surface area contributed by atoms with E-state index in [0.29, 0.717) is 6.42 Å². The first-order valence-electron chi connectivity index (χ1n) is 7.00. The minimum absolute atomic E-state index is 0.608. The molecule has 0 nitrogen and oxygen atoms in total. The molecule has 0 heterocycles. The molecule has 2 aliphatic rings. The van der Waals surface area contributed by atoms with E-state index < -0.39 is 6.17 Å². The van der Waals surface area contributed by atoms with E-state index in [9.17, 15) is 4.39 Å². The molecule has 0 bridgehead atoms. The molecular formula is C18H14ClF. The van der Waals surface area contributed by atoms with Crippen LogP contribution in [0.25, 0.3) is 12.2 Å². The zero-order valence-corrected chi connectivity index (χ0v) is 11.8. The van der Waals surface area contributed by atoms with Crippen molar-refractivity contribution < 1.29 is 4.39 Å². The highest BCUT2D eigenvalue weighted by Crippen LogP contribution is 2.28. The first kappa shape index (κ1) is 12.2. The molecule has 2 heteroatoms. The van der Waals surface area contributed by atoms with E-state index in [1.54, 1.807) is 0 Å². The maximum absolute atomic E-state index is 14.3. The molecule has 0 amide bonds. The van der Waals surface area contributed by atoms with Crippen LogP contribution < -0.4 is 10.4 Å². The maximum atomic E-state index is 14.3. The van der Waals surface area contributed by atoms with E-state index >= 15 is 0 Å². The van der Waals surface area contributed by atoms with E-state index in [-0.39, 0.29) is 0 Å². The Kier molecular flexibility index (Phi) is 2.71. The first-order valence-corrected chi connectivity index (χ1v) is 7.38. The summed E-state index contributed by atoms with van der Waals surface area (Å²) in [7, 11) is 0.